The smallest absolute Gasteiger partial charge is 0.0798 e. The van der Waals surface area contributed by atoms with Gasteiger partial charge in [0.25, 0.3) is 0 Å². The molecule has 2 unspecified atom stereocenters. The van der Waals surface area contributed by atoms with E-state index in [0.29, 0.717) is 17.5 Å². The van der Waals surface area contributed by atoms with Crippen molar-refractivity contribution in [1.29, 1.82) is 0 Å². The second-order valence-electron chi connectivity index (χ2n) is 6.68. The van der Waals surface area contributed by atoms with Crippen LogP contribution >= 0.6 is 11.3 Å². The Kier molecular flexibility index (Phi) is 4.64. The lowest BCUT2D eigenvalue weighted by molar-refractivity contribution is 0.0781. The summed E-state index contributed by atoms with van der Waals surface area (Å²) >= 11 is 1.79. The third kappa shape index (κ3) is 3.56. The highest BCUT2D eigenvalue weighted by Gasteiger charge is 2.33. The molecule has 2 heterocycles. The highest BCUT2D eigenvalue weighted by atomic mass is 32.1. The Bertz CT molecular complexity index is 408. The number of nitrogens with zero attached hydrogens (tertiary/aromatic N) is 2. The Morgan fingerprint density at radius 2 is 2.21 bits per heavy atom. The zero-order valence-electron chi connectivity index (χ0n) is 12.9. The maximum Gasteiger partial charge on any atom is 0.0798 e. The predicted molar refractivity (Wildman–Crippen MR) is 82.6 cm³/mol. The van der Waals surface area contributed by atoms with Gasteiger partial charge in [0.2, 0.25) is 0 Å². The molecule has 1 N–H and O–H groups in total. The molecule has 2 rings (SSSR count). The number of aromatic nitrogens is 1. The van der Waals surface area contributed by atoms with E-state index in [9.17, 15) is 0 Å². The van der Waals surface area contributed by atoms with Gasteiger partial charge in [-0.05, 0) is 18.8 Å². The van der Waals surface area contributed by atoms with Gasteiger partial charge in [-0.25, -0.2) is 4.98 Å². The molecule has 1 saturated heterocycles. The molecule has 3 nitrogen and oxygen atoms in total. The average Bonchev–Trinajstić information content (AvgIpc) is 2.74. The van der Waals surface area contributed by atoms with E-state index in [1.807, 2.05) is 5.51 Å². The Labute approximate surface area is 121 Å². The molecule has 0 amide bonds. The number of hydrogen-bond donors (Lipinski definition) is 1. The van der Waals surface area contributed by atoms with Crippen LogP contribution in [-0.4, -0.2) is 35.1 Å². The summed E-state index contributed by atoms with van der Waals surface area (Å²) < 4.78 is 0. The number of hydrogen-bond acceptors (Lipinski definition) is 4. The maximum absolute atomic E-state index is 4.38. The number of rotatable bonds is 3. The first-order valence-electron chi connectivity index (χ1n) is 7.28. The minimum atomic E-state index is 0.319. The van der Waals surface area contributed by atoms with Gasteiger partial charge in [-0.3, -0.25) is 4.90 Å². The monoisotopic (exact) mass is 281 g/mol. The fourth-order valence-corrected chi connectivity index (χ4v) is 3.50. The van der Waals surface area contributed by atoms with Crippen LogP contribution < -0.4 is 5.32 Å². The van der Waals surface area contributed by atoms with Crippen LogP contribution in [0.15, 0.2) is 5.51 Å². The first-order valence-corrected chi connectivity index (χ1v) is 8.16. The molecule has 1 aliphatic heterocycles. The van der Waals surface area contributed by atoms with Gasteiger partial charge in [-0.2, -0.15) is 0 Å². The lowest BCUT2D eigenvalue weighted by Crippen LogP contribution is -2.59. The predicted octanol–water partition coefficient (Wildman–Crippen LogP) is 3.05. The summed E-state index contributed by atoms with van der Waals surface area (Å²) in [7, 11) is 0. The topological polar surface area (TPSA) is 28.2 Å². The molecule has 108 valence electrons. The summed E-state index contributed by atoms with van der Waals surface area (Å²) in [6.45, 7) is 14.7. The van der Waals surface area contributed by atoms with Crippen LogP contribution in [0.25, 0.3) is 0 Å². The highest BCUT2D eigenvalue weighted by molar-refractivity contribution is 7.09. The second kappa shape index (κ2) is 5.90. The van der Waals surface area contributed by atoms with Gasteiger partial charge in [0.1, 0.15) is 0 Å². The molecule has 0 bridgehead atoms. The number of nitrogens with one attached hydrogen (secondary N) is 1. The van der Waals surface area contributed by atoms with Crippen LogP contribution in [0.1, 0.15) is 44.7 Å². The van der Waals surface area contributed by atoms with Crippen molar-refractivity contribution in [3.05, 3.63) is 16.1 Å². The van der Waals surface area contributed by atoms with Crippen molar-refractivity contribution < 1.29 is 0 Å². The number of piperazine rings is 1. The molecule has 1 aliphatic rings. The van der Waals surface area contributed by atoms with Gasteiger partial charge < -0.3 is 5.32 Å². The van der Waals surface area contributed by atoms with Crippen molar-refractivity contribution in [1.82, 2.24) is 15.2 Å². The van der Waals surface area contributed by atoms with Crippen LogP contribution in [0.2, 0.25) is 0 Å². The molecule has 0 aromatic carbocycles. The standard InChI is InChI=1S/C15H27N3S/c1-6-12-7-16-14(15(3,4)5)9-18(12)8-13-11(2)17-10-19-13/h10,12,14,16H,6-9H2,1-5H3. The lowest BCUT2D eigenvalue weighted by atomic mass is 9.84. The maximum atomic E-state index is 4.38. The van der Waals surface area contributed by atoms with E-state index in [1.165, 1.54) is 17.0 Å². The summed E-state index contributed by atoms with van der Waals surface area (Å²) in [5.74, 6) is 0. The summed E-state index contributed by atoms with van der Waals surface area (Å²) in [5, 5.41) is 3.73. The van der Waals surface area contributed by atoms with Gasteiger partial charge in [0, 0.05) is 36.6 Å². The van der Waals surface area contributed by atoms with Crippen molar-refractivity contribution in [2.75, 3.05) is 13.1 Å². The van der Waals surface area contributed by atoms with Crippen LogP contribution in [0.4, 0.5) is 0 Å². The fraction of sp³-hybridized carbons (Fsp3) is 0.800. The zero-order chi connectivity index (χ0) is 14.0. The molecule has 0 aliphatic carbocycles. The minimum absolute atomic E-state index is 0.319. The fourth-order valence-electron chi connectivity index (χ4n) is 2.69. The molecule has 2 atom stereocenters. The van der Waals surface area contributed by atoms with E-state index >= 15 is 0 Å². The third-order valence-electron chi connectivity index (χ3n) is 4.24. The van der Waals surface area contributed by atoms with E-state index < -0.39 is 0 Å². The van der Waals surface area contributed by atoms with E-state index in [1.54, 1.807) is 11.3 Å². The molecule has 0 saturated carbocycles. The first kappa shape index (κ1) is 14.9. The Morgan fingerprint density at radius 3 is 2.74 bits per heavy atom. The molecule has 1 aromatic heterocycles. The van der Waals surface area contributed by atoms with Crippen LogP contribution in [0.3, 0.4) is 0 Å². The van der Waals surface area contributed by atoms with E-state index in [0.717, 1.165) is 19.6 Å². The van der Waals surface area contributed by atoms with E-state index in [-0.39, 0.29) is 0 Å². The number of aryl methyl sites for hydroxylation is 1. The third-order valence-corrected chi connectivity index (χ3v) is 5.16. The summed E-state index contributed by atoms with van der Waals surface area (Å²) in [6.07, 6.45) is 1.21. The summed E-state index contributed by atoms with van der Waals surface area (Å²) in [4.78, 5) is 8.45. The van der Waals surface area contributed by atoms with Crippen molar-refractivity contribution >= 4 is 11.3 Å². The Hall–Kier alpha value is -0.450. The van der Waals surface area contributed by atoms with Crippen molar-refractivity contribution in [3.8, 4) is 0 Å². The van der Waals surface area contributed by atoms with Gasteiger partial charge >= 0.3 is 0 Å². The van der Waals surface area contributed by atoms with Crippen LogP contribution in [-0.2, 0) is 6.54 Å². The summed E-state index contributed by atoms with van der Waals surface area (Å²) in [6, 6.07) is 1.23. The molecule has 0 radical (unpaired) electrons. The van der Waals surface area contributed by atoms with Crippen molar-refractivity contribution in [2.45, 2.75) is 59.7 Å². The average molecular weight is 281 g/mol. The largest absolute Gasteiger partial charge is 0.311 e. The molecule has 4 heteroatoms. The molecule has 1 aromatic rings. The molecule has 1 fully saturated rings. The van der Waals surface area contributed by atoms with Crippen molar-refractivity contribution in [2.24, 2.45) is 5.41 Å². The Morgan fingerprint density at radius 1 is 1.47 bits per heavy atom. The summed E-state index contributed by atoms with van der Waals surface area (Å²) in [5.41, 5.74) is 3.49. The van der Waals surface area contributed by atoms with E-state index in [2.05, 4.69) is 49.8 Å². The molecular weight excluding hydrogens is 254 g/mol. The van der Waals surface area contributed by atoms with Gasteiger partial charge in [0.15, 0.2) is 0 Å². The van der Waals surface area contributed by atoms with Gasteiger partial charge in [-0.15, -0.1) is 11.3 Å². The quantitative estimate of drug-likeness (QED) is 0.923. The highest BCUT2D eigenvalue weighted by Crippen LogP contribution is 2.26. The zero-order valence-corrected chi connectivity index (χ0v) is 13.7. The SMILES string of the molecule is CCC1CNC(C(C)(C)C)CN1Cc1scnc1C. The first-order chi connectivity index (χ1) is 8.91. The Balaban J connectivity index is 2.08. The van der Waals surface area contributed by atoms with Crippen LogP contribution in [0.5, 0.6) is 0 Å². The van der Waals surface area contributed by atoms with Gasteiger partial charge in [-0.1, -0.05) is 27.7 Å². The normalized spacial score (nSPS) is 25.7. The minimum Gasteiger partial charge on any atom is -0.311 e. The van der Waals surface area contributed by atoms with Crippen LogP contribution in [0, 0.1) is 12.3 Å². The molecular formula is C15H27N3S. The second-order valence-corrected chi connectivity index (χ2v) is 7.62. The molecule has 19 heavy (non-hydrogen) atoms. The number of thiazole rings is 1. The molecule has 0 spiro atoms. The van der Waals surface area contributed by atoms with E-state index in [4.69, 9.17) is 0 Å². The van der Waals surface area contributed by atoms with Crippen molar-refractivity contribution in [3.63, 3.8) is 0 Å². The lowest BCUT2D eigenvalue weighted by Gasteiger charge is -2.44. The van der Waals surface area contributed by atoms with Gasteiger partial charge in [0.05, 0.1) is 11.2 Å².